The average Bonchev–Trinajstić information content (AvgIpc) is 2.19. The number of rotatable bonds is 4. The third kappa shape index (κ3) is 16.0. The molecule has 0 atom stereocenters. The normalized spacial score (nSPS) is 11.1. The van der Waals surface area contributed by atoms with E-state index in [1.54, 1.807) is 0 Å². The van der Waals surface area contributed by atoms with Crippen molar-refractivity contribution in [3.63, 3.8) is 0 Å². The molecule has 0 bridgehead atoms. The van der Waals surface area contributed by atoms with Gasteiger partial charge in [-0.3, -0.25) is 0 Å². The van der Waals surface area contributed by atoms with Crippen molar-refractivity contribution in [3.8, 4) is 0 Å². The van der Waals surface area contributed by atoms with Crippen LogP contribution in [0, 0.1) is 0 Å². The SMILES string of the molecule is O=P(O)(OCl)OCl.O=P(O)(OCl)OCl.[H-].[Li+]. The largest absolute Gasteiger partial charge is 1.00 e. The first-order valence-electron chi connectivity index (χ1n) is 2.11. The zero-order valence-corrected chi connectivity index (χ0v) is 11.6. The van der Waals surface area contributed by atoms with Gasteiger partial charge in [-0.1, -0.05) is 0 Å². The number of phosphoric acid groups is 2. The van der Waals surface area contributed by atoms with Gasteiger partial charge in [-0.15, -0.1) is 0 Å². The van der Waals surface area contributed by atoms with E-state index in [1.165, 1.54) is 0 Å². The van der Waals surface area contributed by atoms with E-state index in [-0.39, 0.29) is 20.3 Å². The topological polar surface area (TPSA) is 112 Å². The quantitative estimate of drug-likeness (QED) is 0.541. The van der Waals surface area contributed by atoms with Crippen LogP contribution in [0.5, 0.6) is 0 Å². The van der Waals surface area contributed by atoms with Crippen molar-refractivity contribution in [2.45, 2.75) is 0 Å². The van der Waals surface area contributed by atoms with Crippen LogP contribution < -0.4 is 18.9 Å². The average molecular weight is 342 g/mol. The maximum atomic E-state index is 9.80. The molecule has 0 aliphatic heterocycles. The van der Waals surface area contributed by atoms with Crippen molar-refractivity contribution in [2.75, 3.05) is 0 Å². The summed E-state index contributed by atoms with van der Waals surface area (Å²) in [6.45, 7) is 0. The van der Waals surface area contributed by atoms with Crippen molar-refractivity contribution in [1.29, 1.82) is 0 Å². The van der Waals surface area contributed by atoms with Crippen LogP contribution in [0.4, 0.5) is 0 Å². The third-order valence-corrected chi connectivity index (χ3v) is 3.14. The smallest absolute Gasteiger partial charge is 1.00 e. The molecule has 8 nitrogen and oxygen atoms in total. The first kappa shape index (κ1) is 22.2. The molecule has 15 heteroatoms. The van der Waals surface area contributed by atoms with Gasteiger partial charge in [-0.2, -0.15) is 16.3 Å². The second-order valence-electron chi connectivity index (χ2n) is 1.21. The molecule has 2 N–H and O–H groups in total. The minimum atomic E-state index is -4.12. The molecule has 0 aromatic carbocycles. The van der Waals surface area contributed by atoms with Gasteiger partial charge < -0.3 is 11.2 Å². The Morgan fingerprint density at radius 1 is 0.800 bits per heavy atom. The van der Waals surface area contributed by atoms with Crippen LogP contribution in [0.3, 0.4) is 0 Å². The van der Waals surface area contributed by atoms with Crippen LogP contribution in [-0.4, -0.2) is 9.79 Å². The summed E-state index contributed by atoms with van der Waals surface area (Å²) in [6.07, 6.45) is 0. The minimum absolute atomic E-state index is 0. The van der Waals surface area contributed by atoms with Gasteiger partial charge in [0.15, 0.2) is 0 Å². The molecule has 0 saturated carbocycles. The van der Waals surface area contributed by atoms with Gasteiger partial charge in [0.25, 0.3) is 0 Å². The predicted molar refractivity (Wildman–Crippen MR) is 48.5 cm³/mol. The fourth-order valence-corrected chi connectivity index (χ4v) is 0.575. The molecule has 0 aliphatic carbocycles. The summed E-state index contributed by atoms with van der Waals surface area (Å²) in [6, 6.07) is 0. The molecule has 0 saturated heterocycles. The molecule has 0 aromatic heterocycles. The summed E-state index contributed by atoms with van der Waals surface area (Å²) >= 11 is 17.5. The first-order chi connectivity index (χ1) is 6.24. The van der Waals surface area contributed by atoms with E-state index in [9.17, 15) is 9.13 Å². The van der Waals surface area contributed by atoms with Gasteiger partial charge in [0.2, 0.25) is 0 Å². The summed E-state index contributed by atoms with van der Waals surface area (Å²) in [5.41, 5.74) is 0. The summed E-state index contributed by atoms with van der Waals surface area (Å²) in [5.74, 6) is 0. The van der Waals surface area contributed by atoms with Gasteiger partial charge in [0.05, 0.1) is 47.5 Å². The van der Waals surface area contributed by atoms with Crippen LogP contribution in [0.2, 0.25) is 0 Å². The van der Waals surface area contributed by atoms with Crippen LogP contribution in [-0.2, 0) is 25.4 Å². The molecule has 90 valence electrons. The number of halogens is 4. The number of hydrogen-bond donors (Lipinski definition) is 2. The molecule has 0 radical (unpaired) electrons. The molecule has 15 heavy (non-hydrogen) atoms. The van der Waals surface area contributed by atoms with Crippen molar-refractivity contribution >= 4 is 63.1 Å². The molecule has 0 aliphatic rings. The van der Waals surface area contributed by atoms with Crippen molar-refractivity contribution in [3.05, 3.63) is 0 Å². The molecule has 0 amide bonds. The molecular weight excluding hydrogens is 339 g/mol. The standard InChI is InChI=1S/2Cl2HO4P.Li.H/c2*1-5-7(3,4)6-2;;/h2*(H,3,4);;/q;;+1;-1. The Labute approximate surface area is 118 Å². The summed E-state index contributed by atoms with van der Waals surface area (Å²) < 4.78 is 32.9. The maximum absolute atomic E-state index is 9.80. The Hall–Kier alpha value is 1.98. The molecule has 0 unspecified atom stereocenters. The van der Waals surface area contributed by atoms with Crippen molar-refractivity contribution in [1.82, 2.24) is 0 Å². The van der Waals surface area contributed by atoms with E-state index in [1.807, 2.05) is 0 Å². The maximum Gasteiger partial charge on any atom is 1.00 e. The Bertz CT molecular complexity index is 198. The van der Waals surface area contributed by atoms with Crippen molar-refractivity contribution < 1.29 is 55.5 Å². The summed E-state index contributed by atoms with van der Waals surface area (Å²) in [5, 5.41) is 0. The third-order valence-electron chi connectivity index (χ3n) is 0.349. The van der Waals surface area contributed by atoms with E-state index >= 15 is 0 Å². The van der Waals surface area contributed by atoms with E-state index in [0.717, 1.165) is 0 Å². The fraction of sp³-hybridized carbons (Fsp3) is 0. The van der Waals surface area contributed by atoms with Gasteiger partial charge in [-0.25, -0.2) is 9.13 Å². The monoisotopic (exact) mass is 340 g/mol. The van der Waals surface area contributed by atoms with Crippen LogP contribution in [0.1, 0.15) is 1.43 Å². The minimum Gasteiger partial charge on any atom is -1.00 e. The van der Waals surface area contributed by atoms with E-state index in [4.69, 9.17) is 9.79 Å². The predicted octanol–water partition coefficient (Wildman–Crippen LogP) is -0.0283. The zero-order valence-electron chi connectivity index (χ0n) is 7.75. The van der Waals surface area contributed by atoms with Gasteiger partial charge in [0.1, 0.15) is 0 Å². The van der Waals surface area contributed by atoms with E-state index < -0.39 is 15.6 Å². The van der Waals surface area contributed by atoms with Gasteiger partial charge >= 0.3 is 34.5 Å². The fourth-order valence-electron chi connectivity index (χ4n) is 0.0213. The second kappa shape index (κ2) is 11.1. The molecule has 0 spiro atoms. The molecule has 0 fully saturated rings. The second-order valence-corrected chi connectivity index (χ2v) is 5.30. The van der Waals surface area contributed by atoms with Crippen LogP contribution in [0.15, 0.2) is 0 Å². The van der Waals surface area contributed by atoms with Crippen LogP contribution in [0.25, 0.3) is 0 Å². The molecule has 0 rings (SSSR count). The molecular formula is H3Cl4LiO8P2. The zero-order chi connectivity index (χ0) is 11.8. The Morgan fingerprint density at radius 2 is 0.933 bits per heavy atom. The van der Waals surface area contributed by atoms with Gasteiger partial charge in [-0.05, 0) is 0 Å². The van der Waals surface area contributed by atoms with Gasteiger partial charge in [0, 0.05) is 0 Å². The van der Waals surface area contributed by atoms with E-state index in [0.29, 0.717) is 0 Å². The van der Waals surface area contributed by atoms with Crippen LogP contribution >= 0.6 is 63.1 Å². The summed E-state index contributed by atoms with van der Waals surface area (Å²) in [4.78, 5) is 16.0. The number of hydrogen-bond acceptors (Lipinski definition) is 6. The molecule has 0 aromatic rings. The summed E-state index contributed by atoms with van der Waals surface area (Å²) in [7, 11) is -8.25. The first-order valence-corrected chi connectivity index (χ1v) is 6.34. The molecule has 0 heterocycles. The Morgan fingerprint density at radius 3 is 0.933 bits per heavy atom. The Kier molecular flexibility index (Phi) is 16.4. The van der Waals surface area contributed by atoms with Crippen molar-refractivity contribution in [2.24, 2.45) is 0 Å². The van der Waals surface area contributed by atoms with E-state index in [2.05, 4.69) is 63.8 Å². The Balaban J connectivity index is -0.0000000800.